The van der Waals surface area contributed by atoms with Gasteiger partial charge in [-0.3, -0.25) is 0 Å². The van der Waals surface area contributed by atoms with Crippen LogP contribution in [0.1, 0.15) is 26.3 Å². The minimum Gasteiger partial charge on any atom is -0.493 e. The molecule has 0 bridgehead atoms. The molecule has 0 aliphatic carbocycles. The van der Waals surface area contributed by atoms with Gasteiger partial charge in [-0.15, -0.1) is 0 Å². The molecule has 0 spiro atoms. The molecule has 0 radical (unpaired) electrons. The van der Waals surface area contributed by atoms with Gasteiger partial charge in [-0.2, -0.15) is 0 Å². The summed E-state index contributed by atoms with van der Waals surface area (Å²) in [6.07, 6.45) is -0.485. The summed E-state index contributed by atoms with van der Waals surface area (Å²) in [5, 5.41) is 4.53. The van der Waals surface area contributed by atoms with Crippen LogP contribution in [0.5, 0.6) is 17.2 Å². The van der Waals surface area contributed by atoms with E-state index in [1.165, 1.54) is 7.11 Å². The fraction of sp³-hybridized carbons (Fsp3) is 0.308. The first kappa shape index (κ1) is 23.9. The highest BCUT2D eigenvalue weighted by molar-refractivity contribution is 5.91. The first-order valence-electron chi connectivity index (χ1n) is 10.6. The molecule has 1 unspecified atom stereocenters. The lowest BCUT2D eigenvalue weighted by molar-refractivity contribution is -0.143. The Morgan fingerprint density at radius 3 is 2.42 bits per heavy atom. The Bertz CT molecular complexity index is 1140. The molecule has 0 aliphatic heterocycles. The van der Waals surface area contributed by atoms with Crippen molar-refractivity contribution in [3.8, 4) is 17.2 Å². The molecule has 3 aromatic rings. The Balaban J connectivity index is 1.84. The molecule has 33 heavy (non-hydrogen) atoms. The highest BCUT2D eigenvalue weighted by Gasteiger charge is 2.25. The van der Waals surface area contributed by atoms with Crippen molar-refractivity contribution in [1.82, 2.24) is 5.32 Å². The quantitative estimate of drug-likeness (QED) is 0.494. The molecule has 3 aromatic carbocycles. The second-order valence-electron chi connectivity index (χ2n) is 8.49. The van der Waals surface area contributed by atoms with Crippen molar-refractivity contribution in [2.24, 2.45) is 0 Å². The van der Waals surface area contributed by atoms with E-state index in [-0.39, 0.29) is 6.42 Å². The number of methoxy groups -OCH3 is 2. The lowest BCUT2D eigenvalue weighted by atomic mass is 10.1. The number of nitrogens with one attached hydrogen (secondary N) is 1. The number of carbonyl (C=O) groups excluding carboxylic acids is 2. The molecule has 0 heterocycles. The second kappa shape index (κ2) is 10.3. The molecular weight excluding hydrogens is 422 g/mol. The van der Waals surface area contributed by atoms with E-state index in [1.807, 2.05) is 60.7 Å². The molecule has 3 rings (SSSR count). The molecule has 174 valence electrons. The van der Waals surface area contributed by atoms with Crippen LogP contribution in [0, 0.1) is 0 Å². The van der Waals surface area contributed by atoms with Crippen molar-refractivity contribution < 1.29 is 28.5 Å². The third kappa shape index (κ3) is 6.38. The Morgan fingerprint density at radius 2 is 1.73 bits per heavy atom. The van der Waals surface area contributed by atoms with E-state index in [2.05, 4.69) is 5.32 Å². The minimum absolute atomic E-state index is 0.204. The van der Waals surface area contributed by atoms with Crippen molar-refractivity contribution in [1.29, 1.82) is 0 Å². The van der Waals surface area contributed by atoms with Gasteiger partial charge in [0, 0.05) is 11.8 Å². The van der Waals surface area contributed by atoms with Gasteiger partial charge in [-0.25, -0.2) is 9.59 Å². The maximum absolute atomic E-state index is 12.3. The summed E-state index contributed by atoms with van der Waals surface area (Å²) in [6, 6.07) is 18.1. The number of hydrogen-bond donors (Lipinski definition) is 1. The van der Waals surface area contributed by atoms with E-state index < -0.39 is 23.7 Å². The number of alkyl carbamates (subject to hydrolysis) is 1. The Hall–Kier alpha value is -3.74. The maximum atomic E-state index is 12.3. The van der Waals surface area contributed by atoms with E-state index >= 15 is 0 Å². The minimum atomic E-state index is -0.910. The van der Waals surface area contributed by atoms with Crippen molar-refractivity contribution in [3.05, 3.63) is 66.2 Å². The van der Waals surface area contributed by atoms with Gasteiger partial charge in [-0.1, -0.05) is 42.5 Å². The van der Waals surface area contributed by atoms with Gasteiger partial charge in [-0.05, 0) is 49.9 Å². The van der Waals surface area contributed by atoms with Crippen LogP contribution in [0.15, 0.2) is 60.7 Å². The number of carbonyl (C=O) groups is 2. The SMILES string of the molecule is COC(=O)C(Cc1cccc(Oc2c(OC)ccc3ccccc23)c1)NC(=O)OC(C)(C)C. The summed E-state index contributed by atoms with van der Waals surface area (Å²) >= 11 is 0. The first-order valence-corrected chi connectivity index (χ1v) is 10.6. The van der Waals surface area contributed by atoms with Crippen molar-refractivity contribution in [2.75, 3.05) is 14.2 Å². The molecule has 0 aliphatic rings. The molecule has 1 N–H and O–H groups in total. The summed E-state index contributed by atoms with van der Waals surface area (Å²) in [7, 11) is 2.87. The summed E-state index contributed by atoms with van der Waals surface area (Å²) in [6.45, 7) is 5.26. The zero-order valence-corrected chi connectivity index (χ0v) is 19.5. The number of esters is 1. The van der Waals surface area contributed by atoms with Crippen LogP contribution < -0.4 is 14.8 Å². The number of ether oxygens (including phenoxy) is 4. The Morgan fingerprint density at radius 1 is 0.970 bits per heavy atom. The van der Waals surface area contributed by atoms with E-state index in [4.69, 9.17) is 18.9 Å². The van der Waals surface area contributed by atoms with Crippen LogP contribution in [0.25, 0.3) is 10.8 Å². The summed E-state index contributed by atoms with van der Waals surface area (Å²) in [5.74, 6) is 1.22. The van der Waals surface area contributed by atoms with E-state index in [0.29, 0.717) is 17.2 Å². The lowest BCUT2D eigenvalue weighted by Gasteiger charge is -2.22. The second-order valence-corrected chi connectivity index (χ2v) is 8.49. The third-order valence-corrected chi connectivity index (χ3v) is 4.80. The van der Waals surface area contributed by atoms with E-state index in [0.717, 1.165) is 16.3 Å². The average molecular weight is 452 g/mol. The van der Waals surface area contributed by atoms with Crippen LogP contribution in [-0.4, -0.2) is 37.9 Å². The third-order valence-electron chi connectivity index (χ3n) is 4.80. The van der Waals surface area contributed by atoms with Gasteiger partial charge in [0.1, 0.15) is 17.4 Å². The molecule has 0 saturated heterocycles. The first-order chi connectivity index (χ1) is 15.7. The van der Waals surface area contributed by atoms with E-state index in [9.17, 15) is 9.59 Å². The number of hydrogen-bond acceptors (Lipinski definition) is 6. The largest absolute Gasteiger partial charge is 0.493 e. The van der Waals surface area contributed by atoms with Gasteiger partial charge >= 0.3 is 12.1 Å². The van der Waals surface area contributed by atoms with Crippen LogP contribution >= 0.6 is 0 Å². The topological polar surface area (TPSA) is 83.1 Å². The van der Waals surface area contributed by atoms with Gasteiger partial charge in [0.05, 0.1) is 14.2 Å². The fourth-order valence-corrected chi connectivity index (χ4v) is 3.36. The van der Waals surface area contributed by atoms with Crippen molar-refractivity contribution in [3.63, 3.8) is 0 Å². The fourth-order valence-electron chi connectivity index (χ4n) is 3.36. The average Bonchev–Trinajstić information content (AvgIpc) is 2.77. The zero-order chi connectivity index (χ0) is 24.0. The van der Waals surface area contributed by atoms with Crippen molar-refractivity contribution in [2.45, 2.75) is 38.8 Å². The summed E-state index contributed by atoms with van der Waals surface area (Å²) < 4.78 is 21.9. The smallest absolute Gasteiger partial charge is 0.408 e. The van der Waals surface area contributed by atoms with E-state index in [1.54, 1.807) is 27.9 Å². The standard InChI is InChI=1S/C26H29NO6/c1-26(2,3)33-25(29)27-21(24(28)31-5)16-17-9-8-11-19(15-17)32-23-20-12-7-6-10-18(20)13-14-22(23)30-4/h6-15,21H,16H2,1-5H3,(H,27,29). The molecule has 7 heteroatoms. The maximum Gasteiger partial charge on any atom is 0.408 e. The van der Waals surface area contributed by atoms with Crippen molar-refractivity contribution >= 4 is 22.8 Å². The summed E-state index contributed by atoms with van der Waals surface area (Å²) in [5.41, 5.74) is 0.0916. The van der Waals surface area contributed by atoms with Crippen LogP contribution in [-0.2, 0) is 20.7 Å². The monoisotopic (exact) mass is 451 g/mol. The van der Waals surface area contributed by atoms with Crippen LogP contribution in [0.4, 0.5) is 4.79 Å². The summed E-state index contributed by atoms with van der Waals surface area (Å²) in [4.78, 5) is 24.5. The molecule has 1 atom stereocenters. The lowest BCUT2D eigenvalue weighted by Crippen LogP contribution is -2.45. The molecule has 0 aromatic heterocycles. The highest BCUT2D eigenvalue weighted by atomic mass is 16.6. The van der Waals surface area contributed by atoms with Crippen LogP contribution in [0.3, 0.4) is 0 Å². The van der Waals surface area contributed by atoms with Gasteiger partial charge in [0.25, 0.3) is 0 Å². The molecule has 0 fully saturated rings. The normalized spacial score (nSPS) is 12.0. The number of benzene rings is 3. The number of amides is 1. The predicted molar refractivity (Wildman–Crippen MR) is 126 cm³/mol. The van der Waals surface area contributed by atoms with Gasteiger partial charge in [0.15, 0.2) is 11.5 Å². The molecule has 1 amide bonds. The molecule has 7 nitrogen and oxygen atoms in total. The number of rotatable bonds is 7. The highest BCUT2D eigenvalue weighted by Crippen LogP contribution is 2.38. The van der Waals surface area contributed by atoms with Gasteiger partial charge < -0.3 is 24.3 Å². The predicted octanol–water partition coefficient (Wildman–Crippen LogP) is 5.25. The van der Waals surface area contributed by atoms with Gasteiger partial charge in [0.2, 0.25) is 0 Å². The molecule has 0 saturated carbocycles. The Kier molecular flexibility index (Phi) is 7.43. The number of fused-ring (bicyclic) bond motifs is 1. The Labute approximate surface area is 193 Å². The zero-order valence-electron chi connectivity index (χ0n) is 19.5. The molecular formula is C26H29NO6. The van der Waals surface area contributed by atoms with Crippen LogP contribution in [0.2, 0.25) is 0 Å².